The number of nitrogens with one attached hydrogen (secondary N) is 1. The standard InChI is InChI=1S/C8H12N8OS/c9-15-6-12-7(16-5-10-4-11-16)14-8(13-6)18-3-1-2-17/h4-5,17H,1-3,9H2,(H,12,13,14,15). The molecule has 0 bridgehead atoms. The molecule has 2 aromatic heterocycles. The van der Waals surface area contributed by atoms with Crippen molar-refractivity contribution >= 4 is 17.7 Å². The Morgan fingerprint density at radius 2 is 2.28 bits per heavy atom. The molecule has 0 aliphatic rings. The predicted octanol–water partition coefficient (Wildman–Crippen LogP) is -0.788. The summed E-state index contributed by atoms with van der Waals surface area (Å²) in [4.78, 5) is 16.2. The van der Waals surface area contributed by atoms with Gasteiger partial charge in [0.05, 0.1) is 0 Å². The number of hydrogen-bond donors (Lipinski definition) is 3. The summed E-state index contributed by atoms with van der Waals surface area (Å²) in [6.45, 7) is 0.135. The Morgan fingerprint density at radius 1 is 1.39 bits per heavy atom. The first-order chi connectivity index (χ1) is 8.83. The molecular weight excluding hydrogens is 256 g/mol. The number of hydrazine groups is 1. The van der Waals surface area contributed by atoms with E-state index in [-0.39, 0.29) is 12.6 Å². The van der Waals surface area contributed by atoms with Gasteiger partial charge in [-0.05, 0) is 6.42 Å². The third-order valence-electron chi connectivity index (χ3n) is 1.89. The van der Waals surface area contributed by atoms with Gasteiger partial charge < -0.3 is 5.11 Å². The van der Waals surface area contributed by atoms with Crippen LogP contribution in [0.2, 0.25) is 0 Å². The van der Waals surface area contributed by atoms with Gasteiger partial charge in [-0.3, -0.25) is 5.43 Å². The average Bonchev–Trinajstić information content (AvgIpc) is 2.92. The van der Waals surface area contributed by atoms with E-state index in [0.717, 1.165) is 0 Å². The second kappa shape index (κ2) is 6.23. The molecule has 0 aromatic carbocycles. The Balaban J connectivity index is 2.22. The van der Waals surface area contributed by atoms with Gasteiger partial charge >= 0.3 is 0 Å². The van der Waals surface area contributed by atoms with Crippen molar-refractivity contribution in [3.63, 3.8) is 0 Å². The molecule has 2 aromatic rings. The van der Waals surface area contributed by atoms with Crippen LogP contribution in [0.4, 0.5) is 5.95 Å². The molecule has 0 amide bonds. The topological polar surface area (TPSA) is 128 Å². The Bertz CT molecular complexity index is 490. The van der Waals surface area contributed by atoms with Crippen LogP contribution in [0.15, 0.2) is 17.8 Å². The van der Waals surface area contributed by atoms with Gasteiger partial charge in [0.25, 0.3) is 5.95 Å². The van der Waals surface area contributed by atoms with Crippen molar-refractivity contribution in [1.29, 1.82) is 0 Å². The van der Waals surface area contributed by atoms with E-state index in [9.17, 15) is 0 Å². The zero-order valence-electron chi connectivity index (χ0n) is 9.39. The molecule has 0 saturated carbocycles. The second-order valence-electron chi connectivity index (χ2n) is 3.15. The highest BCUT2D eigenvalue weighted by atomic mass is 32.2. The van der Waals surface area contributed by atoms with E-state index in [1.165, 1.54) is 29.1 Å². The highest BCUT2D eigenvalue weighted by Crippen LogP contribution is 2.16. The molecule has 96 valence electrons. The fourth-order valence-corrected chi connectivity index (χ4v) is 1.87. The summed E-state index contributed by atoms with van der Waals surface area (Å²) in [5.41, 5.74) is 2.37. The zero-order valence-corrected chi connectivity index (χ0v) is 10.2. The third-order valence-corrected chi connectivity index (χ3v) is 2.82. The number of rotatable bonds is 6. The summed E-state index contributed by atoms with van der Waals surface area (Å²) >= 11 is 1.41. The number of thioether (sulfide) groups is 1. The highest BCUT2D eigenvalue weighted by Gasteiger charge is 2.08. The van der Waals surface area contributed by atoms with E-state index in [0.29, 0.717) is 23.3 Å². The number of aliphatic hydroxyl groups is 1. The lowest BCUT2D eigenvalue weighted by Crippen LogP contribution is -2.14. The van der Waals surface area contributed by atoms with Gasteiger partial charge in [0, 0.05) is 12.4 Å². The summed E-state index contributed by atoms with van der Waals surface area (Å²) < 4.78 is 1.42. The van der Waals surface area contributed by atoms with Crippen molar-refractivity contribution in [3.8, 4) is 5.95 Å². The quantitative estimate of drug-likeness (QED) is 0.267. The largest absolute Gasteiger partial charge is 0.396 e. The van der Waals surface area contributed by atoms with Crippen molar-refractivity contribution in [2.45, 2.75) is 11.6 Å². The Kier molecular flexibility index (Phi) is 4.39. The van der Waals surface area contributed by atoms with E-state index in [4.69, 9.17) is 10.9 Å². The molecule has 2 heterocycles. The number of hydrogen-bond acceptors (Lipinski definition) is 9. The van der Waals surface area contributed by atoms with Crippen LogP contribution in [0.25, 0.3) is 5.95 Å². The van der Waals surface area contributed by atoms with Crippen LogP contribution in [0.1, 0.15) is 6.42 Å². The lowest BCUT2D eigenvalue weighted by Gasteiger charge is -2.05. The lowest BCUT2D eigenvalue weighted by molar-refractivity contribution is 0.296. The number of nitrogens with two attached hydrogens (primary N) is 1. The van der Waals surface area contributed by atoms with Gasteiger partial charge in [0.2, 0.25) is 5.95 Å². The summed E-state index contributed by atoms with van der Waals surface area (Å²) in [6, 6.07) is 0. The molecule has 0 aliphatic heterocycles. The monoisotopic (exact) mass is 268 g/mol. The summed E-state index contributed by atoms with van der Waals surface area (Å²) in [5.74, 6) is 6.60. The fraction of sp³-hybridized carbons (Fsp3) is 0.375. The molecular formula is C8H12N8OS. The van der Waals surface area contributed by atoms with Gasteiger partial charge in [-0.1, -0.05) is 11.8 Å². The SMILES string of the molecule is NNc1nc(SCCCO)nc(-n2cncn2)n1. The van der Waals surface area contributed by atoms with Crippen molar-refractivity contribution in [1.82, 2.24) is 29.7 Å². The van der Waals surface area contributed by atoms with Gasteiger partial charge in [-0.25, -0.2) is 10.8 Å². The molecule has 10 heteroatoms. The molecule has 0 unspecified atom stereocenters. The van der Waals surface area contributed by atoms with Crippen LogP contribution >= 0.6 is 11.8 Å². The first-order valence-electron chi connectivity index (χ1n) is 5.15. The number of aromatic nitrogens is 6. The van der Waals surface area contributed by atoms with E-state index in [1.807, 2.05) is 0 Å². The van der Waals surface area contributed by atoms with E-state index >= 15 is 0 Å². The Labute approximate surface area is 107 Å². The van der Waals surface area contributed by atoms with Crippen molar-refractivity contribution in [2.24, 2.45) is 5.84 Å². The molecule has 0 radical (unpaired) electrons. The smallest absolute Gasteiger partial charge is 0.257 e. The maximum absolute atomic E-state index is 8.73. The Morgan fingerprint density at radius 3 is 2.94 bits per heavy atom. The summed E-state index contributed by atoms with van der Waals surface area (Å²) in [5, 5.41) is 13.2. The normalized spacial score (nSPS) is 10.6. The van der Waals surface area contributed by atoms with Gasteiger partial charge in [-0.15, -0.1) is 0 Å². The van der Waals surface area contributed by atoms with Crippen LogP contribution < -0.4 is 11.3 Å². The minimum atomic E-state index is 0.135. The molecule has 0 aliphatic carbocycles. The lowest BCUT2D eigenvalue weighted by atomic mass is 10.5. The summed E-state index contributed by atoms with van der Waals surface area (Å²) in [7, 11) is 0. The van der Waals surface area contributed by atoms with Gasteiger partial charge in [0.15, 0.2) is 5.16 Å². The molecule has 0 fully saturated rings. The Hall–Kier alpha value is -1.78. The highest BCUT2D eigenvalue weighted by molar-refractivity contribution is 7.99. The molecule has 0 atom stereocenters. The average molecular weight is 268 g/mol. The molecule has 0 spiro atoms. The van der Waals surface area contributed by atoms with Crippen LogP contribution in [0, 0.1) is 0 Å². The maximum atomic E-state index is 8.73. The minimum absolute atomic E-state index is 0.135. The van der Waals surface area contributed by atoms with Crippen molar-refractivity contribution in [3.05, 3.63) is 12.7 Å². The third kappa shape index (κ3) is 3.12. The van der Waals surface area contributed by atoms with Crippen LogP contribution in [0.3, 0.4) is 0 Å². The fourth-order valence-electron chi connectivity index (χ4n) is 1.12. The summed E-state index contributed by atoms with van der Waals surface area (Å²) in [6.07, 6.45) is 3.54. The van der Waals surface area contributed by atoms with Crippen LogP contribution in [-0.4, -0.2) is 47.2 Å². The molecule has 18 heavy (non-hydrogen) atoms. The zero-order chi connectivity index (χ0) is 12.8. The van der Waals surface area contributed by atoms with E-state index < -0.39 is 0 Å². The first-order valence-corrected chi connectivity index (χ1v) is 6.13. The number of aliphatic hydroxyl groups excluding tert-OH is 1. The van der Waals surface area contributed by atoms with Crippen molar-refractivity contribution in [2.75, 3.05) is 17.8 Å². The van der Waals surface area contributed by atoms with E-state index in [2.05, 4.69) is 30.5 Å². The minimum Gasteiger partial charge on any atom is -0.396 e. The maximum Gasteiger partial charge on any atom is 0.257 e. The molecule has 0 saturated heterocycles. The predicted molar refractivity (Wildman–Crippen MR) is 65.0 cm³/mol. The van der Waals surface area contributed by atoms with Crippen LogP contribution in [0.5, 0.6) is 0 Å². The van der Waals surface area contributed by atoms with Crippen LogP contribution in [-0.2, 0) is 0 Å². The first kappa shape index (κ1) is 12.7. The molecule has 4 N–H and O–H groups in total. The molecule has 2 rings (SSSR count). The number of nitrogen functional groups attached to an aromatic ring is 1. The number of anilines is 1. The van der Waals surface area contributed by atoms with Gasteiger partial charge in [-0.2, -0.15) is 24.7 Å². The second-order valence-corrected chi connectivity index (χ2v) is 4.21. The number of nitrogens with zero attached hydrogens (tertiary/aromatic N) is 6. The molecule has 9 nitrogen and oxygen atoms in total. The van der Waals surface area contributed by atoms with Crippen molar-refractivity contribution < 1.29 is 5.11 Å². The van der Waals surface area contributed by atoms with E-state index in [1.54, 1.807) is 0 Å². The van der Waals surface area contributed by atoms with Gasteiger partial charge in [0.1, 0.15) is 12.7 Å².